The summed E-state index contributed by atoms with van der Waals surface area (Å²) in [5.41, 5.74) is 7.39. The van der Waals surface area contributed by atoms with Gasteiger partial charge in [-0.15, -0.1) is 0 Å². The monoisotopic (exact) mass is 673 g/mol. The Morgan fingerprint density at radius 1 is 0.750 bits per heavy atom. The summed E-state index contributed by atoms with van der Waals surface area (Å²) in [6.07, 6.45) is 3.87. The van der Waals surface area contributed by atoms with Crippen LogP contribution in [0.1, 0.15) is 32.6 Å². The first-order valence-corrected chi connectivity index (χ1v) is 18.9. The van der Waals surface area contributed by atoms with Gasteiger partial charge in [-0.2, -0.15) is 0 Å². The van der Waals surface area contributed by atoms with Crippen LogP contribution in [-0.2, 0) is 6.42 Å². The third-order valence-electron chi connectivity index (χ3n) is 5.63. The van der Waals surface area contributed by atoms with Gasteiger partial charge in [-0.3, -0.25) is 4.79 Å². The predicted octanol–water partition coefficient (Wildman–Crippen LogP) is 10.9. The zero-order valence-electron chi connectivity index (χ0n) is 21.1. The van der Waals surface area contributed by atoms with E-state index in [2.05, 4.69) is 25.6 Å². The molecule has 2 N–H and O–H groups in total. The summed E-state index contributed by atoms with van der Waals surface area (Å²) in [6.45, 7) is 4.02. The number of ketones is 1. The Morgan fingerprint density at radius 3 is 1.93 bits per heavy atom. The van der Waals surface area contributed by atoms with Crippen molar-refractivity contribution in [1.29, 1.82) is 0 Å². The maximum absolute atomic E-state index is 12.2. The van der Waals surface area contributed by atoms with Crippen LogP contribution < -0.4 is 10.6 Å². The Labute approximate surface area is 260 Å². The molecule has 6 nitrogen and oxygen atoms in total. The Kier molecular flexibility index (Phi) is 9.53. The molecule has 40 heavy (non-hydrogen) atoms. The molecule has 13 heteroatoms. The van der Waals surface area contributed by atoms with Crippen LogP contribution >= 0.6 is 71.2 Å². The van der Waals surface area contributed by atoms with Gasteiger partial charge in [0.2, 0.25) is 0 Å². The van der Waals surface area contributed by atoms with Crippen LogP contribution in [0.25, 0.3) is 0 Å². The van der Waals surface area contributed by atoms with Gasteiger partial charge in [0.05, 0.1) is 11.4 Å². The molecule has 2 aliphatic rings. The van der Waals surface area contributed by atoms with Crippen molar-refractivity contribution in [2.24, 2.45) is 4.99 Å². The average molecular weight is 676 g/mol. The third kappa shape index (κ3) is 8.92. The second-order valence-electron chi connectivity index (χ2n) is 8.87. The first kappa shape index (κ1) is 30.8. The first-order valence-electron chi connectivity index (χ1n) is 11.7. The molecule has 0 radical (unpaired) electrons. The number of carbonyl (C=O) groups excluding carboxylic acids is 1. The number of anilines is 4. The van der Waals surface area contributed by atoms with Crippen LogP contribution in [0.3, 0.4) is 0 Å². The van der Waals surface area contributed by atoms with Crippen molar-refractivity contribution in [3.63, 3.8) is 0 Å². The second-order valence-corrected chi connectivity index (χ2v) is 25.8. The van der Waals surface area contributed by atoms with Gasteiger partial charge in [0.1, 0.15) is 16.7 Å². The van der Waals surface area contributed by atoms with E-state index in [1.165, 1.54) is 0 Å². The number of hydrogen-bond acceptors (Lipinski definition) is 6. The number of aliphatic imine (C=N–C) groups is 1. The van der Waals surface area contributed by atoms with Gasteiger partial charge < -0.3 is 10.6 Å². The Bertz CT molecular complexity index is 1600. The number of halogens is 6. The van der Waals surface area contributed by atoms with E-state index in [-0.39, 0.29) is 5.78 Å². The number of Topliss-reactive ketones (excluding diaryl/α,β-unsaturated/α-hetero) is 1. The van der Waals surface area contributed by atoms with Crippen molar-refractivity contribution in [3.05, 3.63) is 101 Å². The fourth-order valence-electron chi connectivity index (χ4n) is 3.90. The minimum atomic E-state index is -3.69. The molecule has 0 aliphatic carbocycles. The van der Waals surface area contributed by atoms with Gasteiger partial charge in [-0.05, 0) is 56.3 Å². The molecule has 0 bridgehead atoms. The number of rotatable bonds is 0. The average Bonchev–Trinajstić information content (AvgIpc) is 3.09. The topological polar surface area (TPSA) is 79.3 Å². The van der Waals surface area contributed by atoms with Gasteiger partial charge in [0, 0.05) is 35.5 Å². The molecule has 0 saturated heterocycles. The molecule has 0 saturated carbocycles. The van der Waals surface area contributed by atoms with Gasteiger partial charge in [-0.25, -0.2) is 15.0 Å². The molecular formula is C27H22Cl6N5OP. The SMILES string of the molecule is Cc1ccc2c(c1)C(=O)Cc1cccnc1N2.Cc1ccc2c(c1)C(Cl)=Nc1cccnc1N2.ClP(Cl)(Cl)(Cl)Cl. The number of hydrogen-bond donors (Lipinski definition) is 2. The molecule has 2 aromatic carbocycles. The fourth-order valence-corrected chi connectivity index (χ4v) is 4.15. The molecule has 6 rings (SSSR count). The third-order valence-corrected chi connectivity index (χ3v) is 5.91. The normalized spacial score (nSPS) is 14.1. The van der Waals surface area contributed by atoms with E-state index in [1.54, 1.807) is 12.4 Å². The molecular weight excluding hydrogens is 654 g/mol. The Morgan fingerprint density at radius 2 is 1.27 bits per heavy atom. The van der Waals surface area contributed by atoms with Crippen LogP contribution in [-0.4, -0.2) is 20.9 Å². The van der Waals surface area contributed by atoms with E-state index in [0.29, 0.717) is 11.6 Å². The predicted molar refractivity (Wildman–Crippen MR) is 174 cm³/mol. The molecule has 2 aromatic heterocycles. The van der Waals surface area contributed by atoms with E-state index in [1.807, 2.05) is 74.5 Å². The molecule has 2 aliphatic heterocycles. The van der Waals surface area contributed by atoms with Gasteiger partial charge in [0.25, 0.3) is 0 Å². The molecule has 4 heterocycles. The quantitative estimate of drug-likeness (QED) is 0.181. The summed E-state index contributed by atoms with van der Waals surface area (Å²) in [5, 5.41) is 6.97. The standard InChI is InChI=1S/C14H12N2O.C13H10ClN3.Cl5P/c1-9-4-5-12-11(7-9)13(17)8-10-3-2-6-15-14(10)16-12;1-8-4-5-10-9(7-8)12(14)16-11-3-2-6-15-13(11)17-10;1-6(2,3,4)5/h2-7H,8H2,1H3,(H,15,16);2-7H,1H3,(H,15,17);. The summed E-state index contributed by atoms with van der Waals surface area (Å²) in [4.78, 5) is 25.1. The minimum absolute atomic E-state index is 0.142. The number of benzene rings is 2. The zero-order chi connectivity index (χ0) is 29.1. The summed E-state index contributed by atoms with van der Waals surface area (Å²) in [6, 6.07) is 19.4. The fraction of sp³-hybridized carbons (Fsp3) is 0.111. The van der Waals surface area contributed by atoms with E-state index in [0.717, 1.165) is 56.5 Å². The molecule has 0 spiro atoms. The number of nitrogens with zero attached hydrogens (tertiary/aromatic N) is 3. The van der Waals surface area contributed by atoms with Crippen LogP contribution in [0.15, 0.2) is 78.0 Å². The van der Waals surface area contributed by atoms with E-state index < -0.39 is 3.37 Å². The zero-order valence-corrected chi connectivity index (χ0v) is 26.5. The van der Waals surface area contributed by atoms with E-state index in [9.17, 15) is 4.79 Å². The van der Waals surface area contributed by atoms with Crippen molar-refractivity contribution < 1.29 is 4.79 Å². The van der Waals surface area contributed by atoms with Crippen LogP contribution in [0.2, 0.25) is 0 Å². The number of fused-ring (bicyclic) bond motifs is 4. The maximum atomic E-state index is 12.2. The van der Waals surface area contributed by atoms with Crippen LogP contribution in [0, 0.1) is 13.8 Å². The van der Waals surface area contributed by atoms with Crippen molar-refractivity contribution in [2.75, 3.05) is 10.6 Å². The molecule has 4 aromatic rings. The summed E-state index contributed by atoms with van der Waals surface area (Å²) >= 11 is 31.1. The van der Waals surface area contributed by atoms with Crippen LogP contribution in [0.4, 0.5) is 28.7 Å². The van der Waals surface area contributed by atoms with Crippen molar-refractivity contribution in [1.82, 2.24) is 9.97 Å². The van der Waals surface area contributed by atoms with Crippen molar-refractivity contribution in [2.45, 2.75) is 20.3 Å². The van der Waals surface area contributed by atoms with E-state index in [4.69, 9.17) is 67.8 Å². The molecule has 0 unspecified atom stereocenters. The second kappa shape index (κ2) is 12.4. The molecule has 208 valence electrons. The van der Waals surface area contributed by atoms with E-state index >= 15 is 0 Å². The number of aromatic nitrogens is 2. The number of nitrogens with one attached hydrogen (secondary N) is 2. The van der Waals surface area contributed by atoms with Crippen LogP contribution in [0.5, 0.6) is 0 Å². The molecule has 0 amide bonds. The number of carbonyl (C=O) groups is 1. The summed E-state index contributed by atoms with van der Waals surface area (Å²) < 4.78 is -3.69. The van der Waals surface area contributed by atoms with Crippen molar-refractivity contribution in [3.8, 4) is 0 Å². The number of pyridine rings is 2. The van der Waals surface area contributed by atoms with Gasteiger partial charge >= 0.3 is 59.6 Å². The van der Waals surface area contributed by atoms with Gasteiger partial charge in [-0.1, -0.05) is 40.9 Å². The van der Waals surface area contributed by atoms with Gasteiger partial charge in [0.15, 0.2) is 11.6 Å². The Balaban J connectivity index is 0.000000155. The summed E-state index contributed by atoms with van der Waals surface area (Å²) in [7, 11) is 0. The Hall–Kier alpha value is -2.15. The molecule has 0 fully saturated rings. The first-order chi connectivity index (χ1) is 18.7. The number of aryl methyl sites for hydroxylation is 2. The van der Waals surface area contributed by atoms with Crippen molar-refractivity contribution >= 4 is 111 Å². The molecule has 0 atom stereocenters. The summed E-state index contributed by atoms with van der Waals surface area (Å²) in [5.74, 6) is 1.65.